The van der Waals surface area contributed by atoms with Crippen molar-refractivity contribution in [3.63, 3.8) is 0 Å². The molecule has 25 heavy (non-hydrogen) atoms. The summed E-state index contributed by atoms with van der Waals surface area (Å²) in [7, 11) is 0. The van der Waals surface area contributed by atoms with Crippen molar-refractivity contribution in [2.24, 2.45) is 10.8 Å². The Bertz CT molecular complexity index is 738. The highest BCUT2D eigenvalue weighted by Gasteiger charge is 2.18. The maximum absolute atomic E-state index is 5.95. The average molecular weight is 378 g/mol. The summed E-state index contributed by atoms with van der Waals surface area (Å²) in [4.78, 5) is 4.74. The summed E-state index contributed by atoms with van der Waals surface area (Å²) in [6.45, 7) is 4.71. The molecule has 3 rings (SSSR count). The van der Waals surface area contributed by atoms with Crippen LogP contribution in [0.3, 0.4) is 0 Å². The van der Waals surface area contributed by atoms with Crippen LogP contribution < -0.4 is 16.1 Å². The van der Waals surface area contributed by atoms with Crippen LogP contribution in [0.1, 0.15) is 11.5 Å². The molecule has 0 unspecified atom stereocenters. The summed E-state index contributed by atoms with van der Waals surface area (Å²) < 4.78 is 5.75. The van der Waals surface area contributed by atoms with Crippen LogP contribution in [0.25, 0.3) is 0 Å². The summed E-state index contributed by atoms with van der Waals surface area (Å²) in [6.07, 6.45) is 1.56. The van der Waals surface area contributed by atoms with Gasteiger partial charge in [-0.2, -0.15) is 5.10 Å². The van der Waals surface area contributed by atoms with E-state index in [1.54, 1.807) is 6.21 Å². The zero-order valence-corrected chi connectivity index (χ0v) is 15.3. The molecule has 1 fully saturated rings. The van der Waals surface area contributed by atoms with E-state index in [2.05, 4.69) is 44.7 Å². The van der Waals surface area contributed by atoms with Crippen LogP contribution in [0.4, 0.5) is 5.69 Å². The van der Waals surface area contributed by atoms with Crippen LogP contribution in [-0.2, 0) is 6.54 Å². The quantitative estimate of drug-likeness (QED) is 0.474. The van der Waals surface area contributed by atoms with Crippen molar-refractivity contribution >= 4 is 40.8 Å². The maximum Gasteiger partial charge on any atom is 0.184 e. The van der Waals surface area contributed by atoms with Gasteiger partial charge in [0.2, 0.25) is 0 Å². The van der Waals surface area contributed by atoms with E-state index in [0.717, 1.165) is 43.5 Å². The molecule has 1 aliphatic heterocycles. The molecule has 6 nitrogen and oxygen atoms in total. The van der Waals surface area contributed by atoms with Crippen molar-refractivity contribution in [2.75, 3.05) is 31.1 Å². The van der Waals surface area contributed by atoms with Crippen molar-refractivity contribution in [3.05, 3.63) is 52.9 Å². The standard InChI is InChI=1S/C17H20ClN5OS/c18-13-1-3-14(4-2-13)23-9-7-22(8-10-23)12-16-6-5-15(24-16)11-20-21-17(19)25/h1-6,11H,7-10,12H2,(H3,19,21,25)/b20-11+. The number of halogens is 1. The van der Waals surface area contributed by atoms with E-state index in [1.165, 1.54) is 5.69 Å². The number of rotatable bonds is 5. The normalized spacial score (nSPS) is 15.6. The minimum atomic E-state index is 0.126. The van der Waals surface area contributed by atoms with Crippen LogP contribution in [0.15, 0.2) is 45.9 Å². The fourth-order valence-corrected chi connectivity index (χ4v) is 2.92. The second-order valence-corrected chi connectivity index (χ2v) is 6.65. The van der Waals surface area contributed by atoms with E-state index in [0.29, 0.717) is 5.76 Å². The van der Waals surface area contributed by atoms with Crippen molar-refractivity contribution < 1.29 is 4.42 Å². The molecule has 132 valence electrons. The first-order valence-electron chi connectivity index (χ1n) is 8.00. The topological polar surface area (TPSA) is 70.0 Å². The fourth-order valence-electron chi connectivity index (χ4n) is 2.74. The largest absolute Gasteiger partial charge is 0.459 e. The first kappa shape index (κ1) is 17.7. The molecule has 2 aromatic rings. The molecule has 1 aromatic heterocycles. The lowest BCUT2D eigenvalue weighted by Gasteiger charge is -2.35. The first-order valence-corrected chi connectivity index (χ1v) is 8.79. The average Bonchev–Trinajstić information content (AvgIpc) is 3.03. The van der Waals surface area contributed by atoms with Gasteiger partial charge in [-0.05, 0) is 48.6 Å². The molecule has 0 aliphatic carbocycles. The molecule has 0 saturated carbocycles. The predicted octanol–water partition coefficient (Wildman–Crippen LogP) is 2.42. The number of nitrogens with two attached hydrogens (primary N) is 1. The second kappa shape index (κ2) is 8.33. The third-order valence-electron chi connectivity index (χ3n) is 3.99. The lowest BCUT2D eigenvalue weighted by Crippen LogP contribution is -2.45. The van der Waals surface area contributed by atoms with E-state index in [4.69, 9.17) is 21.8 Å². The molecular formula is C17H20ClN5OS. The predicted molar refractivity (Wildman–Crippen MR) is 105 cm³/mol. The molecular weight excluding hydrogens is 358 g/mol. The van der Waals surface area contributed by atoms with E-state index < -0.39 is 0 Å². The summed E-state index contributed by atoms with van der Waals surface area (Å²) in [6, 6.07) is 11.8. The molecule has 0 atom stereocenters. The van der Waals surface area contributed by atoms with E-state index in [9.17, 15) is 0 Å². The van der Waals surface area contributed by atoms with E-state index in [-0.39, 0.29) is 5.11 Å². The summed E-state index contributed by atoms with van der Waals surface area (Å²) in [5, 5.41) is 4.78. The van der Waals surface area contributed by atoms with Crippen LogP contribution in [0.2, 0.25) is 5.02 Å². The van der Waals surface area contributed by atoms with Gasteiger partial charge in [0, 0.05) is 36.9 Å². The third kappa shape index (κ3) is 5.19. The number of hydrazone groups is 1. The molecule has 1 aliphatic rings. The Balaban J connectivity index is 1.49. The van der Waals surface area contributed by atoms with Crippen molar-refractivity contribution in [2.45, 2.75) is 6.54 Å². The Labute approximate surface area is 157 Å². The van der Waals surface area contributed by atoms with Gasteiger partial charge in [0.05, 0.1) is 12.8 Å². The highest BCUT2D eigenvalue weighted by Crippen LogP contribution is 2.20. The smallest absolute Gasteiger partial charge is 0.184 e. The third-order valence-corrected chi connectivity index (χ3v) is 4.34. The van der Waals surface area contributed by atoms with Crippen molar-refractivity contribution in [1.82, 2.24) is 10.3 Å². The van der Waals surface area contributed by atoms with Gasteiger partial charge in [-0.25, -0.2) is 0 Å². The van der Waals surface area contributed by atoms with Crippen molar-refractivity contribution in [1.29, 1.82) is 0 Å². The lowest BCUT2D eigenvalue weighted by atomic mass is 10.2. The number of thiocarbonyl (C=S) groups is 1. The molecule has 0 radical (unpaired) electrons. The minimum absolute atomic E-state index is 0.126. The van der Waals surface area contributed by atoms with Gasteiger partial charge in [0.15, 0.2) is 5.11 Å². The number of nitrogens with one attached hydrogen (secondary N) is 1. The number of nitrogens with zero attached hydrogens (tertiary/aromatic N) is 3. The Morgan fingerprint density at radius 3 is 2.60 bits per heavy atom. The van der Waals surface area contributed by atoms with Crippen LogP contribution in [0, 0.1) is 0 Å². The molecule has 3 N–H and O–H groups in total. The molecule has 1 saturated heterocycles. The zero-order chi connectivity index (χ0) is 17.6. The Kier molecular flexibility index (Phi) is 5.91. The molecule has 0 amide bonds. The maximum atomic E-state index is 5.95. The van der Waals surface area contributed by atoms with Gasteiger partial charge in [0.25, 0.3) is 0 Å². The number of furan rings is 1. The molecule has 0 bridgehead atoms. The molecule has 0 spiro atoms. The zero-order valence-electron chi connectivity index (χ0n) is 13.7. The van der Waals surface area contributed by atoms with E-state index >= 15 is 0 Å². The van der Waals surface area contributed by atoms with Gasteiger partial charge in [-0.3, -0.25) is 10.3 Å². The summed E-state index contributed by atoms with van der Waals surface area (Å²) >= 11 is 10.6. The van der Waals surface area contributed by atoms with Crippen LogP contribution in [-0.4, -0.2) is 42.4 Å². The Morgan fingerprint density at radius 2 is 1.92 bits per heavy atom. The number of piperazine rings is 1. The summed E-state index contributed by atoms with van der Waals surface area (Å²) in [5.41, 5.74) is 9.02. The van der Waals surface area contributed by atoms with Gasteiger partial charge < -0.3 is 15.1 Å². The highest BCUT2D eigenvalue weighted by atomic mass is 35.5. The second-order valence-electron chi connectivity index (χ2n) is 5.78. The fraction of sp³-hybridized carbons (Fsp3) is 0.294. The van der Waals surface area contributed by atoms with Crippen LogP contribution >= 0.6 is 23.8 Å². The number of benzene rings is 1. The SMILES string of the molecule is NC(=S)N/N=C/c1ccc(CN2CCN(c3ccc(Cl)cc3)CC2)o1. The lowest BCUT2D eigenvalue weighted by molar-refractivity contribution is 0.230. The molecule has 1 aromatic carbocycles. The van der Waals surface area contributed by atoms with Crippen molar-refractivity contribution in [3.8, 4) is 0 Å². The van der Waals surface area contributed by atoms with E-state index in [1.807, 2.05) is 24.3 Å². The number of hydrogen-bond donors (Lipinski definition) is 2. The monoisotopic (exact) mass is 377 g/mol. The van der Waals surface area contributed by atoms with Gasteiger partial charge >= 0.3 is 0 Å². The first-order chi connectivity index (χ1) is 12.1. The highest BCUT2D eigenvalue weighted by molar-refractivity contribution is 7.80. The molecule has 8 heteroatoms. The Morgan fingerprint density at radius 1 is 1.20 bits per heavy atom. The van der Waals surface area contributed by atoms with Gasteiger partial charge in [-0.1, -0.05) is 11.6 Å². The van der Waals surface area contributed by atoms with Crippen LogP contribution in [0.5, 0.6) is 0 Å². The number of anilines is 1. The minimum Gasteiger partial charge on any atom is -0.459 e. The van der Waals surface area contributed by atoms with Gasteiger partial charge in [0.1, 0.15) is 11.5 Å². The summed E-state index contributed by atoms with van der Waals surface area (Å²) in [5.74, 6) is 1.58. The van der Waals surface area contributed by atoms with Gasteiger partial charge in [-0.15, -0.1) is 0 Å². The number of hydrogen-bond acceptors (Lipinski definition) is 5. The molecule has 2 heterocycles. The Hall–Kier alpha value is -2.09.